The number of hydrogen-bond donors (Lipinski definition) is 4. The lowest BCUT2D eigenvalue weighted by Gasteiger charge is -2.23. The van der Waals surface area contributed by atoms with Gasteiger partial charge in [0.15, 0.2) is 0 Å². The molecule has 0 saturated carbocycles. The number of nitrogens with one attached hydrogen (secondary N) is 2. The van der Waals surface area contributed by atoms with Crippen molar-refractivity contribution < 1.29 is 18.4 Å². The van der Waals surface area contributed by atoms with E-state index in [1.807, 2.05) is 23.7 Å². The van der Waals surface area contributed by atoms with E-state index in [4.69, 9.17) is 15.8 Å². The van der Waals surface area contributed by atoms with Crippen LogP contribution < -0.4 is 10.6 Å². The molecule has 0 atom stereocenters. The first-order valence-electron chi connectivity index (χ1n) is 11.3. The summed E-state index contributed by atoms with van der Waals surface area (Å²) in [6.45, 7) is 3.07. The molecule has 1 amide bonds. The molecule has 0 aliphatic heterocycles. The van der Waals surface area contributed by atoms with Gasteiger partial charge >= 0.3 is 0 Å². The van der Waals surface area contributed by atoms with Gasteiger partial charge in [-0.1, -0.05) is 74.0 Å². The summed E-state index contributed by atoms with van der Waals surface area (Å²) in [7, 11) is -3.86. The van der Waals surface area contributed by atoms with Crippen molar-refractivity contribution in [1.29, 1.82) is 5.41 Å². The SMILES string of the molecule is CCCCN(Cc1cccc(C(=N)NO)c1)C(=O)Cc1ccc(-c2ccccc2S(N)(=O)=O)cc1. The lowest BCUT2D eigenvalue weighted by molar-refractivity contribution is -0.131. The molecule has 3 rings (SSSR count). The predicted octanol–water partition coefficient (Wildman–Crippen LogP) is 3.68. The number of nitrogens with two attached hydrogens (primary N) is 1. The van der Waals surface area contributed by atoms with Crippen molar-refractivity contribution in [2.75, 3.05) is 6.54 Å². The van der Waals surface area contributed by atoms with Gasteiger partial charge in [-0.3, -0.25) is 20.9 Å². The zero-order valence-electron chi connectivity index (χ0n) is 19.6. The van der Waals surface area contributed by atoms with Crippen molar-refractivity contribution in [3.8, 4) is 11.1 Å². The first kappa shape index (κ1) is 26.1. The summed E-state index contributed by atoms with van der Waals surface area (Å²) in [5.74, 6) is -0.140. The molecule has 9 heteroatoms. The predicted molar refractivity (Wildman–Crippen MR) is 135 cm³/mol. The van der Waals surface area contributed by atoms with Gasteiger partial charge in [-0.05, 0) is 35.2 Å². The number of benzene rings is 3. The summed E-state index contributed by atoms with van der Waals surface area (Å²) >= 11 is 0. The topological polar surface area (TPSA) is 137 Å². The number of hydroxylamine groups is 1. The first-order valence-corrected chi connectivity index (χ1v) is 12.8. The molecule has 0 aliphatic carbocycles. The van der Waals surface area contributed by atoms with Gasteiger partial charge in [0.05, 0.1) is 11.3 Å². The average molecular weight is 495 g/mol. The van der Waals surface area contributed by atoms with Gasteiger partial charge in [0, 0.05) is 24.2 Å². The number of hydrogen-bond acceptors (Lipinski definition) is 5. The van der Waals surface area contributed by atoms with E-state index in [1.54, 1.807) is 53.4 Å². The van der Waals surface area contributed by atoms with Crippen LogP contribution in [0, 0.1) is 5.41 Å². The third-order valence-electron chi connectivity index (χ3n) is 5.65. The molecule has 0 saturated heterocycles. The molecule has 0 fully saturated rings. The van der Waals surface area contributed by atoms with Crippen LogP contribution in [0.25, 0.3) is 11.1 Å². The van der Waals surface area contributed by atoms with Crippen LogP contribution in [0.15, 0.2) is 77.7 Å². The molecule has 184 valence electrons. The van der Waals surface area contributed by atoms with Crippen LogP contribution in [0.1, 0.15) is 36.5 Å². The van der Waals surface area contributed by atoms with Crippen LogP contribution in [0.5, 0.6) is 0 Å². The molecule has 0 unspecified atom stereocenters. The van der Waals surface area contributed by atoms with Crippen LogP contribution >= 0.6 is 0 Å². The molecular weight excluding hydrogens is 464 g/mol. The maximum atomic E-state index is 13.2. The summed E-state index contributed by atoms with van der Waals surface area (Å²) in [5, 5.41) is 22.1. The Hall–Kier alpha value is -3.53. The second-order valence-electron chi connectivity index (χ2n) is 8.27. The van der Waals surface area contributed by atoms with Gasteiger partial charge in [0.1, 0.15) is 5.84 Å². The highest BCUT2D eigenvalue weighted by atomic mass is 32.2. The van der Waals surface area contributed by atoms with Crippen molar-refractivity contribution in [2.45, 2.75) is 37.6 Å². The molecular formula is C26H30N4O4S. The van der Waals surface area contributed by atoms with Crippen molar-refractivity contribution in [1.82, 2.24) is 10.4 Å². The van der Waals surface area contributed by atoms with E-state index < -0.39 is 10.0 Å². The number of primary sulfonamides is 1. The Balaban J connectivity index is 1.77. The number of rotatable bonds is 10. The normalized spacial score (nSPS) is 11.2. The van der Waals surface area contributed by atoms with Gasteiger partial charge in [-0.25, -0.2) is 13.6 Å². The number of amidine groups is 1. The van der Waals surface area contributed by atoms with E-state index in [2.05, 4.69) is 6.92 Å². The van der Waals surface area contributed by atoms with Gasteiger partial charge in [-0.15, -0.1) is 0 Å². The average Bonchev–Trinajstić information content (AvgIpc) is 2.86. The fourth-order valence-corrected chi connectivity index (χ4v) is 4.55. The highest BCUT2D eigenvalue weighted by Gasteiger charge is 2.17. The number of nitrogens with zero attached hydrogens (tertiary/aromatic N) is 1. The van der Waals surface area contributed by atoms with Crippen molar-refractivity contribution in [2.24, 2.45) is 5.14 Å². The fraction of sp³-hybridized carbons (Fsp3) is 0.231. The summed E-state index contributed by atoms with van der Waals surface area (Å²) < 4.78 is 23.9. The lowest BCUT2D eigenvalue weighted by atomic mass is 10.0. The minimum atomic E-state index is -3.86. The van der Waals surface area contributed by atoms with Gasteiger partial charge in [0.2, 0.25) is 15.9 Å². The minimum Gasteiger partial charge on any atom is -0.338 e. The maximum absolute atomic E-state index is 13.2. The van der Waals surface area contributed by atoms with E-state index >= 15 is 0 Å². The third-order valence-corrected chi connectivity index (χ3v) is 6.62. The Bertz CT molecular complexity index is 1290. The molecule has 5 N–H and O–H groups in total. The highest BCUT2D eigenvalue weighted by molar-refractivity contribution is 7.89. The Kier molecular flexibility index (Phi) is 8.75. The lowest BCUT2D eigenvalue weighted by Crippen LogP contribution is -2.33. The van der Waals surface area contributed by atoms with E-state index in [-0.39, 0.29) is 23.1 Å². The van der Waals surface area contributed by atoms with Crippen LogP contribution in [0.2, 0.25) is 0 Å². The van der Waals surface area contributed by atoms with Gasteiger partial charge < -0.3 is 4.90 Å². The molecule has 0 aliphatic rings. The second-order valence-corrected chi connectivity index (χ2v) is 9.80. The van der Waals surface area contributed by atoms with E-state index in [0.29, 0.717) is 29.8 Å². The zero-order chi connectivity index (χ0) is 25.4. The smallest absolute Gasteiger partial charge is 0.238 e. The molecule has 0 radical (unpaired) electrons. The van der Waals surface area contributed by atoms with E-state index in [1.165, 1.54) is 6.07 Å². The highest BCUT2D eigenvalue weighted by Crippen LogP contribution is 2.27. The molecule has 8 nitrogen and oxygen atoms in total. The number of unbranched alkanes of at least 4 members (excludes halogenated alkanes) is 1. The summed E-state index contributed by atoms with van der Waals surface area (Å²) in [6.07, 6.45) is 2.01. The minimum absolute atomic E-state index is 0.0306. The molecule has 0 aromatic heterocycles. The molecule has 3 aromatic rings. The van der Waals surface area contributed by atoms with Crippen LogP contribution in [-0.4, -0.2) is 36.8 Å². The largest absolute Gasteiger partial charge is 0.338 e. The Morgan fingerprint density at radius 1 is 1.03 bits per heavy atom. The second kappa shape index (κ2) is 11.7. The molecule has 0 bridgehead atoms. The van der Waals surface area contributed by atoms with Crippen LogP contribution in [0.3, 0.4) is 0 Å². The van der Waals surface area contributed by atoms with Crippen molar-refractivity contribution in [3.63, 3.8) is 0 Å². The fourth-order valence-electron chi connectivity index (χ4n) is 3.79. The third kappa shape index (κ3) is 6.98. The Labute approximate surface area is 205 Å². The number of carbonyl (C=O) groups is 1. The maximum Gasteiger partial charge on any atom is 0.238 e. The Morgan fingerprint density at radius 3 is 2.40 bits per heavy atom. The molecule has 3 aromatic carbocycles. The monoisotopic (exact) mass is 494 g/mol. The van der Waals surface area contributed by atoms with E-state index in [0.717, 1.165) is 24.0 Å². The molecule has 0 heterocycles. The van der Waals surface area contributed by atoms with Gasteiger partial charge in [0.25, 0.3) is 0 Å². The van der Waals surface area contributed by atoms with Crippen molar-refractivity contribution in [3.05, 3.63) is 89.5 Å². The van der Waals surface area contributed by atoms with E-state index in [9.17, 15) is 13.2 Å². The van der Waals surface area contributed by atoms with Crippen molar-refractivity contribution >= 4 is 21.8 Å². The summed E-state index contributed by atoms with van der Waals surface area (Å²) in [4.78, 5) is 15.0. The number of amides is 1. The number of carbonyl (C=O) groups excluding carboxylic acids is 1. The van der Waals surface area contributed by atoms with Crippen LogP contribution in [0.4, 0.5) is 0 Å². The van der Waals surface area contributed by atoms with Gasteiger partial charge in [-0.2, -0.15) is 0 Å². The quantitative estimate of drug-likeness (QED) is 0.194. The zero-order valence-corrected chi connectivity index (χ0v) is 20.4. The standard InChI is InChI=1S/C26H30N4O4S/c1-2-3-15-30(18-20-7-6-8-22(16-20)26(27)29-32)25(31)17-19-11-13-21(14-12-19)23-9-4-5-10-24(23)35(28,33)34/h4-14,16,32H,2-3,15,17-18H2,1H3,(H2,27,29)(H2,28,33,34). The molecule has 0 spiro atoms. The molecule has 35 heavy (non-hydrogen) atoms. The summed E-state index contributed by atoms with van der Waals surface area (Å²) in [5.41, 5.74) is 5.26. The first-order chi connectivity index (χ1) is 16.7. The Morgan fingerprint density at radius 2 is 1.74 bits per heavy atom. The number of sulfonamides is 1. The van der Waals surface area contributed by atoms with Crippen LogP contribution in [-0.2, 0) is 27.8 Å². The summed E-state index contributed by atoms with van der Waals surface area (Å²) in [6, 6.07) is 20.9.